The Balaban J connectivity index is 1.43. The summed E-state index contributed by atoms with van der Waals surface area (Å²) >= 11 is 0. The molecule has 0 aliphatic carbocycles. The fourth-order valence-electron chi connectivity index (χ4n) is 4.21. The highest BCUT2D eigenvalue weighted by Crippen LogP contribution is 2.11. The molecule has 1 fully saturated rings. The first-order valence-corrected chi connectivity index (χ1v) is 12.7. The second kappa shape index (κ2) is 17.3. The summed E-state index contributed by atoms with van der Waals surface area (Å²) in [6.07, 6.45) is 14.9. The van der Waals surface area contributed by atoms with Gasteiger partial charge in [-0.1, -0.05) is 38.5 Å². The van der Waals surface area contributed by atoms with Gasteiger partial charge in [-0.15, -0.1) is 0 Å². The van der Waals surface area contributed by atoms with E-state index in [1.165, 1.54) is 81.5 Å². The molecular formula is C24H45N5O2. The van der Waals surface area contributed by atoms with E-state index < -0.39 is 0 Å². The number of nitrogens with zero attached hydrogens (tertiary/aromatic N) is 2. The maximum Gasteiger partial charge on any atom is 0.253 e. The van der Waals surface area contributed by atoms with E-state index in [1.807, 2.05) is 0 Å². The molecule has 0 radical (unpaired) electrons. The van der Waals surface area contributed by atoms with Crippen molar-refractivity contribution in [3.63, 3.8) is 0 Å². The molecule has 2 amide bonds. The average Bonchev–Trinajstić information content (AvgIpc) is 3.09. The van der Waals surface area contributed by atoms with Gasteiger partial charge in [0, 0.05) is 44.9 Å². The molecular weight excluding hydrogens is 390 g/mol. The van der Waals surface area contributed by atoms with Crippen LogP contribution < -0.4 is 16.0 Å². The maximum absolute atomic E-state index is 11.5. The minimum absolute atomic E-state index is 0.155. The molecule has 0 bridgehead atoms. The van der Waals surface area contributed by atoms with Crippen LogP contribution in [0.25, 0.3) is 0 Å². The molecule has 0 unspecified atom stereocenters. The molecule has 3 N–H and O–H groups in total. The van der Waals surface area contributed by atoms with Crippen LogP contribution in [0, 0.1) is 0 Å². The minimum atomic E-state index is -0.155. The van der Waals surface area contributed by atoms with Crippen molar-refractivity contribution in [1.82, 2.24) is 25.8 Å². The van der Waals surface area contributed by atoms with Crippen molar-refractivity contribution in [3.05, 3.63) is 12.2 Å². The lowest BCUT2D eigenvalue weighted by molar-refractivity contribution is -0.136. The number of nitrogens with one attached hydrogen (secondary N) is 3. The average molecular weight is 436 g/mol. The molecule has 2 rings (SSSR count). The molecule has 1 saturated heterocycles. The van der Waals surface area contributed by atoms with E-state index in [0.717, 1.165) is 58.7 Å². The van der Waals surface area contributed by atoms with Gasteiger partial charge in [-0.05, 0) is 58.4 Å². The van der Waals surface area contributed by atoms with E-state index in [9.17, 15) is 9.59 Å². The third-order valence-electron chi connectivity index (χ3n) is 6.12. The van der Waals surface area contributed by atoms with E-state index in [4.69, 9.17) is 0 Å². The van der Waals surface area contributed by atoms with Crippen LogP contribution >= 0.6 is 0 Å². The molecule has 7 heteroatoms. The molecule has 2 heterocycles. The molecule has 0 aromatic rings. The number of carbonyl (C=O) groups is 2. The first-order chi connectivity index (χ1) is 15.3. The first kappa shape index (κ1) is 26.0. The Morgan fingerprint density at radius 3 is 1.74 bits per heavy atom. The van der Waals surface area contributed by atoms with Gasteiger partial charge in [0.2, 0.25) is 0 Å². The van der Waals surface area contributed by atoms with Gasteiger partial charge in [-0.3, -0.25) is 14.5 Å². The van der Waals surface area contributed by atoms with Gasteiger partial charge in [0.15, 0.2) is 0 Å². The zero-order valence-corrected chi connectivity index (χ0v) is 19.5. The van der Waals surface area contributed by atoms with Crippen LogP contribution in [0.15, 0.2) is 12.2 Å². The highest BCUT2D eigenvalue weighted by molar-refractivity contribution is 6.12. The number of imide groups is 1. The normalized spacial score (nSPS) is 20.3. The van der Waals surface area contributed by atoms with E-state index in [0.29, 0.717) is 6.54 Å². The molecule has 7 nitrogen and oxygen atoms in total. The number of hydrogen-bond donors (Lipinski definition) is 3. The van der Waals surface area contributed by atoms with Gasteiger partial charge >= 0.3 is 0 Å². The zero-order chi connectivity index (χ0) is 22.0. The summed E-state index contributed by atoms with van der Waals surface area (Å²) in [5.41, 5.74) is 0. The van der Waals surface area contributed by atoms with E-state index in [-0.39, 0.29) is 11.8 Å². The molecule has 0 aromatic carbocycles. The summed E-state index contributed by atoms with van der Waals surface area (Å²) in [6, 6.07) is 0. The molecule has 31 heavy (non-hydrogen) atoms. The quantitative estimate of drug-likeness (QED) is 0.340. The Bertz CT molecular complexity index is 494. The van der Waals surface area contributed by atoms with E-state index >= 15 is 0 Å². The van der Waals surface area contributed by atoms with Crippen LogP contribution in [0.3, 0.4) is 0 Å². The number of carbonyl (C=O) groups excluding carboxylic acids is 2. The molecule has 0 aromatic heterocycles. The highest BCUT2D eigenvalue weighted by Gasteiger charge is 2.22. The summed E-state index contributed by atoms with van der Waals surface area (Å²) < 4.78 is 0. The predicted octanol–water partition coefficient (Wildman–Crippen LogP) is 1.90. The smallest absolute Gasteiger partial charge is 0.253 e. The lowest BCUT2D eigenvalue weighted by atomic mass is 10.1. The Morgan fingerprint density at radius 1 is 0.581 bits per heavy atom. The van der Waals surface area contributed by atoms with Crippen molar-refractivity contribution in [3.8, 4) is 0 Å². The van der Waals surface area contributed by atoms with Crippen LogP contribution in [0.5, 0.6) is 0 Å². The van der Waals surface area contributed by atoms with Crippen LogP contribution in [0.1, 0.15) is 64.2 Å². The fourth-order valence-corrected chi connectivity index (χ4v) is 4.21. The van der Waals surface area contributed by atoms with Crippen molar-refractivity contribution < 1.29 is 9.59 Å². The molecule has 0 spiro atoms. The second-order valence-corrected chi connectivity index (χ2v) is 8.79. The van der Waals surface area contributed by atoms with Crippen LogP contribution in [0.2, 0.25) is 0 Å². The third kappa shape index (κ3) is 12.4. The fraction of sp³-hybridized carbons (Fsp3) is 0.833. The van der Waals surface area contributed by atoms with Crippen molar-refractivity contribution in [2.75, 3.05) is 65.4 Å². The molecule has 178 valence electrons. The van der Waals surface area contributed by atoms with Crippen molar-refractivity contribution >= 4 is 11.8 Å². The lowest BCUT2D eigenvalue weighted by Crippen LogP contribution is -2.37. The van der Waals surface area contributed by atoms with Crippen molar-refractivity contribution in [1.29, 1.82) is 0 Å². The number of rotatable bonds is 11. The van der Waals surface area contributed by atoms with Gasteiger partial charge in [0.1, 0.15) is 0 Å². The number of hydrogen-bond acceptors (Lipinski definition) is 6. The van der Waals surface area contributed by atoms with Gasteiger partial charge in [0.05, 0.1) is 0 Å². The molecule has 0 atom stereocenters. The van der Waals surface area contributed by atoms with Crippen molar-refractivity contribution in [2.45, 2.75) is 64.2 Å². The van der Waals surface area contributed by atoms with E-state index in [2.05, 4.69) is 20.9 Å². The predicted molar refractivity (Wildman–Crippen MR) is 127 cm³/mol. The van der Waals surface area contributed by atoms with E-state index in [1.54, 1.807) is 0 Å². The topological polar surface area (TPSA) is 76.7 Å². The standard InChI is InChI=1S/C24H45N5O2/c30-23-11-12-24(31)29(23)21-8-6-4-2-1-3-5-7-19-28-20-10-15-26-17-16-25-13-9-14-27-18-22-28/h11-12,25-27H,1-10,13-22H2. The lowest BCUT2D eigenvalue weighted by Gasteiger charge is -2.23. The number of unbranched alkanes of at least 4 members (excludes halogenated alkanes) is 7. The monoisotopic (exact) mass is 435 g/mol. The Labute approximate surface area is 189 Å². The maximum atomic E-state index is 11.5. The van der Waals surface area contributed by atoms with Gasteiger partial charge in [-0.2, -0.15) is 0 Å². The van der Waals surface area contributed by atoms with Gasteiger partial charge < -0.3 is 20.9 Å². The Morgan fingerprint density at radius 2 is 1.10 bits per heavy atom. The summed E-state index contributed by atoms with van der Waals surface area (Å²) in [4.78, 5) is 27.0. The van der Waals surface area contributed by atoms with Gasteiger partial charge in [0.25, 0.3) is 11.8 Å². The summed E-state index contributed by atoms with van der Waals surface area (Å²) in [5.74, 6) is -0.310. The summed E-state index contributed by atoms with van der Waals surface area (Å²) in [6.45, 7) is 10.7. The molecule has 2 aliphatic heterocycles. The number of amides is 2. The Hall–Kier alpha value is -1.28. The summed E-state index contributed by atoms with van der Waals surface area (Å²) in [7, 11) is 0. The van der Waals surface area contributed by atoms with Gasteiger partial charge in [-0.25, -0.2) is 0 Å². The molecule has 2 aliphatic rings. The SMILES string of the molecule is O=C1C=CC(=O)N1CCCCCCCCCCN1CCCNCCNCCCNCC1. The minimum Gasteiger partial charge on any atom is -0.315 e. The van der Waals surface area contributed by atoms with Crippen LogP contribution in [0.4, 0.5) is 0 Å². The molecule has 0 saturated carbocycles. The highest BCUT2D eigenvalue weighted by atomic mass is 16.2. The Kier molecular flexibility index (Phi) is 14.5. The third-order valence-corrected chi connectivity index (χ3v) is 6.12. The zero-order valence-electron chi connectivity index (χ0n) is 19.5. The second-order valence-electron chi connectivity index (χ2n) is 8.79. The largest absolute Gasteiger partial charge is 0.315 e. The van der Waals surface area contributed by atoms with Crippen molar-refractivity contribution in [2.24, 2.45) is 0 Å². The van der Waals surface area contributed by atoms with Crippen LogP contribution in [-0.2, 0) is 9.59 Å². The summed E-state index contributed by atoms with van der Waals surface area (Å²) in [5, 5.41) is 10.6. The van der Waals surface area contributed by atoms with Crippen LogP contribution in [-0.4, -0.2) is 87.1 Å². The first-order valence-electron chi connectivity index (χ1n) is 12.7.